The highest BCUT2D eigenvalue weighted by Gasteiger charge is 2.51. The molecule has 178 valence electrons. The van der Waals surface area contributed by atoms with Crippen molar-refractivity contribution < 1.29 is 24.2 Å². The van der Waals surface area contributed by atoms with Gasteiger partial charge >= 0.3 is 12.1 Å². The maximum Gasteiger partial charge on any atom is 0.411 e. The maximum atomic E-state index is 13.0. The van der Waals surface area contributed by atoms with Gasteiger partial charge in [0.05, 0.1) is 11.3 Å². The summed E-state index contributed by atoms with van der Waals surface area (Å²) >= 11 is 0. The quantitative estimate of drug-likeness (QED) is 0.453. The molecule has 1 fully saturated rings. The maximum absolute atomic E-state index is 13.0. The van der Waals surface area contributed by atoms with E-state index in [1.165, 1.54) is 0 Å². The molecule has 0 spiro atoms. The first-order chi connectivity index (χ1) is 16.9. The fourth-order valence-corrected chi connectivity index (χ4v) is 4.65. The molecule has 35 heavy (non-hydrogen) atoms. The van der Waals surface area contributed by atoms with E-state index >= 15 is 0 Å². The molecule has 3 aromatic carbocycles. The number of hydrogen-bond acceptors (Lipinski definition) is 4. The summed E-state index contributed by atoms with van der Waals surface area (Å²) in [4.78, 5) is 37.2. The number of carbonyl (C=O) groups is 3. The summed E-state index contributed by atoms with van der Waals surface area (Å²) in [5.41, 5.74) is 4.66. The van der Waals surface area contributed by atoms with Crippen molar-refractivity contribution in [1.29, 1.82) is 0 Å². The molecule has 3 N–H and O–H groups in total. The van der Waals surface area contributed by atoms with Crippen LogP contribution in [0.4, 0.5) is 10.5 Å². The van der Waals surface area contributed by atoms with Crippen LogP contribution in [0.5, 0.6) is 0 Å². The number of carboxylic acid groups (broad SMARTS) is 1. The monoisotopic (exact) mass is 470 g/mol. The Morgan fingerprint density at radius 2 is 1.60 bits per heavy atom. The van der Waals surface area contributed by atoms with E-state index in [9.17, 15) is 19.5 Å². The molecule has 0 atom stereocenters. The smallest absolute Gasteiger partial charge is 0.411 e. The largest absolute Gasteiger partial charge is 0.480 e. The van der Waals surface area contributed by atoms with Gasteiger partial charge in [-0.1, -0.05) is 61.5 Å². The van der Waals surface area contributed by atoms with Gasteiger partial charge in [0.1, 0.15) is 12.1 Å². The Morgan fingerprint density at radius 1 is 0.971 bits per heavy atom. The van der Waals surface area contributed by atoms with Gasteiger partial charge in [0.15, 0.2) is 0 Å². The highest BCUT2D eigenvalue weighted by Crippen LogP contribution is 2.44. The number of benzene rings is 3. The van der Waals surface area contributed by atoms with E-state index in [-0.39, 0.29) is 23.8 Å². The highest BCUT2D eigenvalue weighted by atomic mass is 16.5. The van der Waals surface area contributed by atoms with Gasteiger partial charge in [0.25, 0.3) is 5.91 Å². The summed E-state index contributed by atoms with van der Waals surface area (Å²) in [7, 11) is 0. The summed E-state index contributed by atoms with van der Waals surface area (Å²) in [6.45, 7) is 2.10. The number of rotatable bonds is 7. The lowest BCUT2D eigenvalue weighted by Crippen LogP contribution is -2.43. The van der Waals surface area contributed by atoms with Gasteiger partial charge in [-0.15, -0.1) is 0 Å². The topological polar surface area (TPSA) is 105 Å². The predicted molar refractivity (Wildman–Crippen MR) is 132 cm³/mol. The molecule has 7 heteroatoms. The first-order valence-corrected chi connectivity index (χ1v) is 11.7. The predicted octanol–water partition coefficient (Wildman–Crippen LogP) is 4.96. The Bertz CT molecular complexity index is 1280. The van der Waals surface area contributed by atoms with Crippen LogP contribution in [0.2, 0.25) is 0 Å². The van der Waals surface area contributed by atoms with Crippen LogP contribution in [0.1, 0.15) is 52.7 Å². The second-order valence-electron chi connectivity index (χ2n) is 9.03. The van der Waals surface area contributed by atoms with Gasteiger partial charge in [0, 0.05) is 5.92 Å². The number of aryl methyl sites for hydroxylation is 1. The zero-order chi connectivity index (χ0) is 24.6. The third kappa shape index (κ3) is 4.25. The van der Waals surface area contributed by atoms with Crippen molar-refractivity contribution >= 4 is 23.7 Å². The number of anilines is 1. The SMILES string of the molecule is CCc1ccc(NC(=O)OCC2c3ccccc3-c3ccccc32)c(C(=O)NC2(C(=O)O)CC2)c1. The molecule has 3 aromatic rings. The second-order valence-corrected chi connectivity index (χ2v) is 9.03. The molecule has 0 bridgehead atoms. The number of hydrogen-bond donors (Lipinski definition) is 3. The second kappa shape index (κ2) is 8.91. The summed E-state index contributed by atoms with van der Waals surface area (Å²) in [5.74, 6) is -1.67. The molecule has 7 nitrogen and oxygen atoms in total. The molecule has 1 saturated carbocycles. The van der Waals surface area contributed by atoms with E-state index < -0.39 is 23.5 Å². The van der Waals surface area contributed by atoms with Crippen LogP contribution in [0.15, 0.2) is 66.7 Å². The zero-order valence-corrected chi connectivity index (χ0v) is 19.3. The van der Waals surface area contributed by atoms with Crippen molar-refractivity contribution in [3.63, 3.8) is 0 Å². The minimum absolute atomic E-state index is 0.0799. The van der Waals surface area contributed by atoms with Gasteiger partial charge in [-0.2, -0.15) is 0 Å². The molecule has 0 saturated heterocycles. The van der Waals surface area contributed by atoms with Crippen molar-refractivity contribution in [3.8, 4) is 11.1 Å². The number of aliphatic carboxylic acids is 1. The van der Waals surface area contributed by atoms with E-state index in [1.807, 2.05) is 49.4 Å². The molecular weight excluding hydrogens is 444 g/mol. The van der Waals surface area contributed by atoms with E-state index in [4.69, 9.17) is 4.74 Å². The van der Waals surface area contributed by atoms with E-state index in [1.54, 1.807) is 12.1 Å². The first kappa shape index (κ1) is 22.7. The average Bonchev–Trinajstić information content (AvgIpc) is 3.59. The summed E-state index contributed by atoms with van der Waals surface area (Å²) in [5, 5.41) is 14.7. The van der Waals surface area contributed by atoms with Crippen LogP contribution in [0, 0.1) is 0 Å². The first-order valence-electron chi connectivity index (χ1n) is 11.7. The molecular formula is C28H26N2O5. The van der Waals surface area contributed by atoms with Gasteiger partial charge in [-0.25, -0.2) is 9.59 Å². The molecule has 0 aromatic heterocycles. The van der Waals surface area contributed by atoms with E-state index in [0.717, 1.165) is 27.8 Å². The Kier molecular flexibility index (Phi) is 5.76. The molecule has 0 aliphatic heterocycles. The fourth-order valence-electron chi connectivity index (χ4n) is 4.65. The molecule has 5 rings (SSSR count). The average molecular weight is 471 g/mol. The number of nitrogens with one attached hydrogen (secondary N) is 2. The number of carbonyl (C=O) groups excluding carboxylic acids is 2. The zero-order valence-electron chi connectivity index (χ0n) is 19.3. The van der Waals surface area contributed by atoms with Gasteiger partial charge in [-0.05, 0) is 59.2 Å². The Labute approximate surface area is 203 Å². The van der Waals surface area contributed by atoms with Gasteiger partial charge in [0.2, 0.25) is 0 Å². The Balaban J connectivity index is 1.32. The number of carboxylic acids is 1. The molecule has 2 aliphatic carbocycles. The van der Waals surface area contributed by atoms with Crippen molar-refractivity contribution in [2.75, 3.05) is 11.9 Å². The number of ether oxygens (including phenoxy) is 1. The lowest BCUT2D eigenvalue weighted by Gasteiger charge is -2.17. The summed E-state index contributed by atoms with van der Waals surface area (Å²) < 4.78 is 5.61. The van der Waals surface area contributed by atoms with Crippen LogP contribution in [0.3, 0.4) is 0 Å². The highest BCUT2D eigenvalue weighted by molar-refractivity contribution is 6.05. The summed E-state index contributed by atoms with van der Waals surface area (Å²) in [6.07, 6.45) is 0.785. The van der Waals surface area contributed by atoms with Gasteiger partial charge < -0.3 is 15.2 Å². The van der Waals surface area contributed by atoms with Crippen LogP contribution in [0.25, 0.3) is 11.1 Å². The van der Waals surface area contributed by atoms with Crippen LogP contribution in [-0.4, -0.2) is 35.2 Å². The number of fused-ring (bicyclic) bond motifs is 3. The minimum atomic E-state index is -1.22. The summed E-state index contributed by atoms with van der Waals surface area (Å²) in [6, 6.07) is 21.3. The molecule has 2 aliphatic rings. The Morgan fingerprint density at radius 3 is 2.17 bits per heavy atom. The lowest BCUT2D eigenvalue weighted by molar-refractivity contribution is -0.140. The third-order valence-corrected chi connectivity index (χ3v) is 6.83. The lowest BCUT2D eigenvalue weighted by atomic mass is 9.98. The van der Waals surface area contributed by atoms with Crippen molar-refractivity contribution in [2.45, 2.75) is 37.6 Å². The normalized spacial score (nSPS) is 15.0. The van der Waals surface area contributed by atoms with Crippen molar-refractivity contribution in [1.82, 2.24) is 5.32 Å². The molecule has 2 amide bonds. The standard InChI is InChI=1S/C28H26N2O5/c1-2-17-11-12-24(22(15-17)25(31)30-28(13-14-28)26(32)33)29-27(34)35-16-23-20-9-5-3-7-18(20)19-8-4-6-10-21(19)23/h3-12,15,23H,2,13-14,16H2,1H3,(H,29,34)(H,30,31)(H,32,33). The van der Waals surface area contributed by atoms with Gasteiger partial charge in [-0.3, -0.25) is 10.1 Å². The molecule has 0 unspecified atom stereocenters. The van der Waals surface area contributed by atoms with E-state index in [2.05, 4.69) is 22.8 Å². The van der Waals surface area contributed by atoms with Crippen molar-refractivity contribution in [2.24, 2.45) is 0 Å². The Hall–Kier alpha value is -4.13. The fraction of sp³-hybridized carbons (Fsp3) is 0.250. The molecule has 0 radical (unpaired) electrons. The van der Waals surface area contributed by atoms with Crippen LogP contribution in [-0.2, 0) is 16.0 Å². The number of amides is 2. The minimum Gasteiger partial charge on any atom is -0.480 e. The third-order valence-electron chi connectivity index (χ3n) is 6.83. The van der Waals surface area contributed by atoms with E-state index in [0.29, 0.717) is 19.3 Å². The van der Waals surface area contributed by atoms with Crippen molar-refractivity contribution in [3.05, 3.63) is 89.0 Å². The molecule has 0 heterocycles. The van der Waals surface area contributed by atoms with Crippen LogP contribution < -0.4 is 10.6 Å². The van der Waals surface area contributed by atoms with Crippen LogP contribution >= 0.6 is 0 Å².